The van der Waals surface area contributed by atoms with E-state index in [2.05, 4.69) is 24.1 Å². The van der Waals surface area contributed by atoms with Crippen molar-refractivity contribution in [3.63, 3.8) is 0 Å². The Hall–Kier alpha value is 0.310. The molecule has 0 aromatic carbocycles. The fourth-order valence-electron chi connectivity index (χ4n) is 2.97. The predicted octanol–water partition coefficient (Wildman–Crippen LogP) is 2.77. The Labute approximate surface area is 92.4 Å². The first-order valence-corrected chi connectivity index (χ1v) is 7.29. The van der Waals surface area contributed by atoms with Gasteiger partial charge in [0.2, 0.25) is 0 Å². The maximum atomic E-state index is 3.41. The summed E-state index contributed by atoms with van der Waals surface area (Å²) >= 11 is 2.15. The molecule has 1 atom stereocenters. The highest BCUT2D eigenvalue weighted by atomic mass is 32.2. The fraction of sp³-hybridized carbons (Fsp3) is 1.00. The van der Waals surface area contributed by atoms with E-state index in [4.69, 9.17) is 0 Å². The molecule has 2 rings (SSSR count). The number of nitrogens with one attached hydrogen (secondary N) is 1. The third-order valence-corrected chi connectivity index (χ3v) is 5.12. The van der Waals surface area contributed by atoms with Crippen molar-refractivity contribution in [2.24, 2.45) is 17.8 Å². The Morgan fingerprint density at radius 3 is 2.29 bits per heavy atom. The molecule has 2 heteroatoms. The standard InChI is InChI=1S/C12H23NS/c1-13-9-12(10-3-2-4-10)11-5-7-14-8-6-11/h10-13H,2-9H2,1H3. The lowest BCUT2D eigenvalue weighted by molar-refractivity contribution is 0.136. The Bertz CT molecular complexity index is 162. The number of hydrogen-bond donors (Lipinski definition) is 1. The van der Waals surface area contributed by atoms with Gasteiger partial charge in [0.15, 0.2) is 0 Å². The predicted molar refractivity (Wildman–Crippen MR) is 64.8 cm³/mol. The fourth-order valence-corrected chi connectivity index (χ4v) is 4.11. The number of thioether (sulfide) groups is 1. The van der Waals surface area contributed by atoms with Gasteiger partial charge in [-0.05, 0) is 55.7 Å². The van der Waals surface area contributed by atoms with Gasteiger partial charge in [0.1, 0.15) is 0 Å². The molecule has 0 bridgehead atoms. The molecule has 0 radical (unpaired) electrons. The normalized spacial score (nSPS) is 27.2. The molecule has 2 aliphatic rings. The summed E-state index contributed by atoms with van der Waals surface area (Å²) in [4.78, 5) is 0. The third-order valence-electron chi connectivity index (χ3n) is 4.07. The van der Waals surface area contributed by atoms with Crippen molar-refractivity contribution < 1.29 is 0 Å². The molecule has 1 saturated heterocycles. The van der Waals surface area contributed by atoms with Crippen LogP contribution in [-0.4, -0.2) is 25.1 Å². The van der Waals surface area contributed by atoms with Gasteiger partial charge in [-0.1, -0.05) is 19.3 Å². The summed E-state index contributed by atoms with van der Waals surface area (Å²) < 4.78 is 0. The minimum absolute atomic E-state index is 0.995. The van der Waals surface area contributed by atoms with Gasteiger partial charge in [0.25, 0.3) is 0 Å². The highest BCUT2D eigenvalue weighted by Crippen LogP contribution is 2.41. The largest absolute Gasteiger partial charge is 0.319 e. The van der Waals surface area contributed by atoms with Crippen LogP contribution in [-0.2, 0) is 0 Å². The van der Waals surface area contributed by atoms with Gasteiger partial charge in [0.05, 0.1) is 0 Å². The van der Waals surface area contributed by atoms with E-state index >= 15 is 0 Å². The van der Waals surface area contributed by atoms with Gasteiger partial charge in [-0.2, -0.15) is 11.8 Å². The van der Waals surface area contributed by atoms with Crippen LogP contribution in [0.1, 0.15) is 32.1 Å². The monoisotopic (exact) mass is 213 g/mol. The minimum Gasteiger partial charge on any atom is -0.319 e. The zero-order chi connectivity index (χ0) is 9.80. The smallest absolute Gasteiger partial charge is 0.00182 e. The SMILES string of the molecule is CNCC(C1CCC1)C1CCSCC1. The minimum atomic E-state index is 0.995. The molecule has 1 unspecified atom stereocenters. The molecule has 0 aromatic heterocycles. The summed E-state index contributed by atoms with van der Waals surface area (Å²) in [7, 11) is 2.11. The van der Waals surface area contributed by atoms with E-state index in [0.29, 0.717) is 0 Å². The van der Waals surface area contributed by atoms with Crippen LogP contribution in [0.25, 0.3) is 0 Å². The molecule has 14 heavy (non-hydrogen) atoms. The summed E-state index contributed by atoms with van der Waals surface area (Å²) in [6.07, 6.45) is 7.47. The molecule has 0 amide bonds. The van der Waals surface area contributed by atoms with E-state index in [1.807, 2.05) is 0 Å². The van der Waals surface area contributed by atoms with Crippen LogP contribution in [0.3, 0.4) is 0 Å². The Kier molecular flexibility index (Phi) is 4.18. The number of hydrogen-bond acceptors (Lipinski definition) is 2. The number of rotatable bonds is 4. The first-order valence-electron chi connectivity index (χ1n) is 6.14. The van der Waals surface area contributed by atoms with E-state index in [-0.39, 0.29) is 0 Å². The van der Waals surface area contributed by atoms with E-state index in [1.165, 1.54) is 50.2 Å². The lowest BCUT2D eigenvalue weighted by atomic mass is 9.69. The Morgan fingerprint density at radius 2 is 1.79 bits per heavy atom. The second-order valence-electron chi connectivity index (χ2n) is 4.86. The van der Waals surface area contributed by atoms with Crippen molar-refractivity contribution in [2.75, 3.05) is 25.1 Å². The Morgan fingerprint density at radius 1 is 1.14 bits per heavy atom. The van der Waals surface area contributed by atoms with Crippen molar-refractivity contribution >= 4 is 11.8 Å². The summed E-state index contributed by atoms with van der Waals surface area (Å²) in [5, 5.41) is 3.41. The van der Waals surface area contributed by atoms with Gasteiger partial charge in [-0.15, -0.1) is 0 Å². The Balaban J connectivity index is 1.86. The molecule has 1 aliphatic heterocycles. The summed E-state index contributed by atoms with van der Waals surface area (Å²) in [5.74, 6) is 5.93. The molecule has 1 nitrogen and oxygen atoms in total. The molecule has 0 aromatic rings. The van der Waals surface area contributed by atoms with Crippen molar-refractivity contribution in [1.82, 2.24) is 5.32 Å². The first-order chi connectivity index (χ1) is 6.92. The molecule has 2 fully saturated rings. The molecular weight excluding hydrogens is 190 g/mol. The summed E-state index contributed by atoms with van der Waals surface area (Å²) in [5.41, 5.74) is 0. The highest BCUT2D eigenvalue weighted by Gasteiger charge is 2.33. The van der Waals surface area contributed by atoms with E-state index in [1.54, 1.807) is 0 Å². The van der Waals surface area contributed by atoms with Crippen LogP contribution < -0.4 is 5.32 Å². The van der Waals surface area contributed by atoms with Crippen molar-refractivity contribution in [3.05, 3.63) is 0 Å². The van der Waals surface area contributed by atoms with E-state index in [0.717, 1.165) is 17.8 Å². The second kappa shape index (κ2) is 5.41. The van der Waals surface area contributed by atoms with E-state index < -0.39 is 0 Å². The van der Waals surface area contributed by atoms with Crippen molar-refractivity contribution in [1.29, 1.82) is 0 Å². The summed E-state index contributed by atoms with van der Waals surface area (Å²) in [6, 6.07) is 0. The van der Waals surface area contributed by atoms with Gasteiger partial charge in [-0.3, -0.25) is 0 Å². The van der Waals surface area contributed by atoms with Gasteiger partial charge >= 0.3 is 0 Å². The van der Waals surface area contributed by atoms with E-state index in [9.17, 15) is 0 Å². The topological polar surface area (TPSA) is 12.0 Å². The average Bonchev–Trinajstić information content (AvgIpc) is 2.16. The van der Waals surface area contributed by atoms with Crippen molar-refractivity contribution in [3.8, 4) is 0 Å². The van der Waals surface area contributed by atoms with Crippen LogP contribution in [0.4, 0.5) is 0 Å². The lowest BCUT2D eigenvalue weighted by Crippen LogP contribution is -2.37. The van der Waals surface area contributed by atoms with Gasteiger partial charge < -0.3 is 5.32 Å². The third kappa shape index (κ3) is 2.46. The highest BCUT2D eigenvalue weighted by molar-refractivity contribution is 7.99. The van der Waals surface area contributed by atoms with Crippen LogP contribution in [0, 0.1) is 17.8 Å². The maximum Gasteiger partial charge on any atom is -0.00182 e. The van der Waals surface area contributed by atoms with Gasteiger partial charge in [0, 0.05) is 0 Å². The molecule has 1 N–H and O–H groups in total. The zero-order valence-corrected chi connectivity index (χ0v) is 10.1. The van der Waals surface area contributed by atoms with Crippen LogP contribution >= 0.6 is 11.8 Å². The molecule has 1 aliphatic carbocycles. The maximum absolute atomic E-state index is 3.41. The quantitative estimate of drug-likeness (QED) is 0.770. The summed E-state index contributed by atoms with van der Waals surface area (Å²) in [6.45, 7) is 1.26. The molecule has 1 saturated carbocycles. The first kappa shape index (κ1) is 10.8. The van der Waals surface area contributed by atoms with Crippen LogP contribution in [0.15, 0.2) is 0 Å². The zero-order valence-electron chi connectivity index (χ0n) is 9.30. The van der Waals surface area contributed by atoms with Crippen molar-refractivity contribution in [2.45, 2.75) is 32.1 Å². The second-order valence-corrected chi connectivity index (χ2v) is 6.09. The molecule has 1 heterocycles. The van der Waals surface area contributed by atoms with Crippen LogP contribution in [0.2, 0.25) is 0 Å². The van der Waals surface area contributed by atoms with Crippen LogP contribution in [0.5, 0.6) is 0 Å². The lowest BCUT2D eigenvalue weighted by Gasteiger charge is -2.40. The molecule has 0 spiro atoms. The average molecular weight is 213 g/mol. The molecule has 82 valence electrons. The van der Waals surface area contributed by atoms with Gasteiger partial charge in [-0.25, -0.2) is 0 Å². The molecular formula is C12H23NS.